The third kappa shape index (κ3) is 9.87. The fourth-order valence-electron chi connectivity index (χ4n) is 6.82. The van der Waals surface area contributed by atoms with Gasteiger partial charge in [0.25, 0.3) is 0 Å². The van der Waals surface area contributed by atoms with Crippen LogP contribution >= 0.6 is 0 Å². The first-order valence-electron chi connectivity index (χ1n) is 17.3. The van der Waals surface area contributed by atoms with Gasteiger partial charge in [-0.25, -0.2) is 9.59 Å². The molecule has 2 aliphatic carbocycles. The van der Waals surface area contributed by atoms with Crippen molar-refractivity contribution < 1.29 is 39.0 Å². The first-order valence-corrected chi connectivity index (χ1v) is 20.1. The van der Waals surface area contributed by atoms with Crippen molar-refractivity contribution in [2.45, 2.75) is 12.8 Å². The molecule has 0 aliphatic heterocycles. The molecule has 0 bridgehead atoms. The Balaban J connectivity index is 0.000000161. The van der Waals surface area contributed by atoms with Crippen LogP contribution in [-0.4, -0.2) is 29.8 Å². The van der Waals surface area contributed by atoms with Gasteiger partial charge in [0.2, 0.25) is 0 Å². The molecule has 0 unspecified atom stereocenters. The van der Waals surface area contributed by atoms with Crippen LogP contribution in [0.2, 0.25) is 0 Å². The predicted molar refractivity (Wildman–Crippen MR) is 227 cm³/mol. The molecular formula is C50H40O4SiTi-4. The minimum absolute atomic E-state index is 0. The van der Waals surface area contributed by atoms with Crippen LogP contribution < -0.4 is 0 Å². The molecule has 0 fully saturated rings. The largest absolute Gasteiger partial charge is 0.179 e. The molecule has 0 amide bonds. The molecule has 0 saturated heterocycles. The Kier molecular flexibility index (Phi) is 15.9. The first-order chi connectivity index (χ1) is 26.5. The summed E-state index contributed by atoms with van der Waals surface area (Å²) < 4.78 is 0. The Hall–Kier alpha value is -5.85. The van der Waals surface area contributed by atoms with Crippen LogP contribution in [0.5, 0.6) is 0 Å². The summed E-state index contributed by atoms with van der Waals surface area (Å²) in [7, 11) is 2.97. The molecule has 0 atom stereocenters. The molecule has 276 valence electrons. The molecule has 0 heterocycles. The van der Waals surface area contributed by atoms with Crippen molar-refractivity contribution in [1.29, 1.82) is 0 Å². The van der Waals surface area contributed by atoms with Crippen LogP contribution in [0.4, 0.5) is 0 Å². The number of hydrogen-bond donors (Lipinski definition) is 2. The smallest absolute Gasteiger partial charge is 0.0253 e. The summed E-state index contributed by atoms with van der Waals surface area (Å²) in [5, 5.41) is 21.3. The quantitative estimate of drug-likeness (QED) is 0.135. The minimum atomic E-state index is -0.878. The van der Waals surface area contributed by atoms with Crippen molar-refractivity contribution in [3.63, 3.8) is 0 Å². The fourth-order valence-corrected chi connectivity index (χ4v) is 6.82. The SMILES string of the molecule is O=C(O)c1cccc2ccccc12.O=C(O)c1cccc2ccccc12.[CH3-].[CH3-].[Si]=[Ti].[c-]1cccc2c1Cc1ccccc1-2.[c-]1cccc2c1Cc1ccccc1-2. The Labute approximate surface area is 343 Å². The van der Waals surface area contributed by atoms with Crippen molar-refractivity contribution in [2.24, 2.45) is 0 Å². The van der Waals surface area contributed by atoms with Crippen LogP contribution in [0, 0.1) is 27.0 Å². The van der Waals surface area contributed by atoms with Crippen LogP contribution in [0.3, 0.4) is 0 Å². The summed E-state index contributed by atoms with van der Waals surface area (Å²) in [5.74, 6) is -1.76. The van der Waals surface area contributed by atoms with Crippen LogP contribution in [0.1, 0.15) is 43.0 Å². The van der Waals surface area contributed by atoms with Gasteiger partial charge in [-0.05, 0) is 46.5 Å². The van der Waals surface area contributed by atoms with Gasteiger partial charge in [0.15, 0.2) is 0 Å². The van der Waals surface area contributed by atoms with E-state index in [4.69, 9.17) is 10.2 Å². The molecule has 2 N–H and O–H groups in total. The third-order valence-electron chi connectivity index (χ3n) is 9.27. The van der Waals surface area contributed by atoms with E-state index >= 15 is 0 Å². The topological polar surface area (TPSA) is 74.6 Å². The first kappa shape index (κ1) is 42.9. The van der Waals surface area contributed by atoms with Crippen molar-refractivity contribution in [2.75, 3.05) is 0 Å². The zero-order valence-electron chi connectivity index (χ0n) is 31.3. The van der Waals surface area contributed by atoms with Crippen LogP contribution in [0.15, 0.2) is 170 Å². The van der Waals surface area contributed by atoms with Gasteiger partial charge in [0, 0.05) is 0 Å². The van der Waals surface area contributed by atoms with E-state index < -0.39 is 11.9 Å². The molecule has 0 saturated carbocycles. The molecule has 8 aromatic rings. The maximum atomic E-state index is 10.8. The van der Waals surface area contributed by atoms with Gasteiger partial charge in [-0.2, -0.15) is 59.7 Å². The molecule has 8 aromatic carbocycles. The number of carboxylic acids is 2. The van der Waals surface area contributed by atoms with Crippen molar-refractivity contribution in [3.8, 4) is 22.3 Å². The minimum Gasteiger partial charge on any atom is -0.179 e. The molecule has 4 nitrogen and oxygen atoms in total. The standard InChI is InChI=1S/2C13H9.2C11H8O2.2CH3.Si.Ti/c2*1-3-7-12-10(5-1)9-11-6-2-4-8-13(11)12;2*12-11(13)10-7-3-5-8-4-1-2-6-9(8)10;;;;/h2*1-5,7-8H,9H2;2*1-7H,(H,12,13);2*1H3;;/q2*-1;;;2*-1;;. The molecule has 56 heavy (non-hydrogen) atoms. The van der Waals surface area contributed by atoms with E-state index in [1.54, 1.807) is 43.4 Å². The normalized spacial score (nSPS) is 10.5. The zero-order chi connectivity index (χ0) is 37.9. The molecule has 0 spiro atoms. The van der Waals surface area contributed by atoms with E-state index in [-0.39, 0.29) is 14.9 Å². The summed E-state index contributed by atoms with van der Waals surface area (Å²) in [4.78, 5) is 21.6. The molecule has 10 rings (SSSR count). The number of fused-ring (bicyclic) bond motifs is 8. The number of hydrogen-bond acceptors (Lipinski definition) is 2. The Morgan fingerprint density at radius 1 is 0.446 bits per heavy atom. The average Bonchev–Trinajstić information content (AvgIpc) is 3.80. The van der Waals surface area contributed by atoms with Gasteiger partial charge in [-0.15, -0.1) is 11.1 Å². The second-order valence-electron chi connectivity index (χ2n) is 12.5. The van der Waals surface area contributed by atoms with Gasteiger partial charge in [0.1, 0.15) is 0 Å². The summed E-state index contributed by atoms with van der Waals surface area (Å²) in [6, 6.07) is 61.7. The predicted octanol–water partition coefficient (Wildman–Crippen LogP) is 11.7. The van der Waals surface area contributed by atoms with E-state index in [9.17, 15) is 9.59 Å². The fraction of sp³-hybridized carbons (Fsp3) is 0.0400. The van der Waals surface area contributed by atoms with E-state index in [0.29, 0.717) is 11.1 Å². The number of aromatic carboxylic acids is 2. The Morgan fingerprint density at radius 3 is 1.20 bits per heavy atom. The summed E-state index contributed by atoms with van der Waals surface area (Å²) in [6.07, 6.45) is 2.10. The van der Waals surface area contributed by atoms with Gasteiger partial charge >= 0.3 is 38.7 Å². The maximum absolute atomic E-state index is 10.8. The Bertz CT molecular complexity index is 2300. The Morgan fingerprint density at radius 2 is 0.786 bits per heavy atom. The van der Waals surface area contributed by atoms with Crippen molar-refractivity contribution in [3.05, 3.63) is 230 Å². The monoisotopic (exact) mass is 780 g/mol. The van der Waals surface area contributed by atoms with E-state index in [2.05, 4.69) is 92.6 Å². The third-order valence-corrected chi connectivity index (χ3v) is 9.27. The van der Waals surface area contributed by atoms with Gasteiger partial charge in [0.05, 0.1) is 11.1 Å². The molecular weight excluding hydrogens is 740 g/mol. The molecule has 2 aliphatic rings. The summed E-state index contributed by atoms with van der Waals surface area (Å²) in [6.45, 7) is 0. The van der Waals surface area contributed by atoms with E-state index in [1.165, 1.54) is 44.5 Å². The number of benzene rings is 8. The van der Waals surface area contributed by atoms with Crippen molar-refractivity contribution in [1.82, 2.24) is 0 Å². The van der Waals surface area contributed by atoms with E-state index in [1.807, 2.05) is 72.8 Å². The van der Waals surface area contributed by atoms with Crippen molar-refractivity contribution >= 4 is 41.1 Å². The molecule has 0 aromatic heterocycles. The second-order valence-corrected chi connectivity index (χ2v) is 12.5. The summed E-state index contributed by atoms with van der Waals surface area (Å²) >= 11 is 1.81. The average molecular weight is 781 g/mol. The maximum Gasteiger partial charge on any atom is -0.0253 e. The van der Waals surface area contributed by atoms with Gasteiger partial charge in [-0.3, -0.25) is 0 Å². The second kappa shape index (κ2) is 20.7. The number of carbonyl (C=O) groups is 2. The zero-order valence-corrected chi connectivity index (χ0v) is 33.9. The van der Waals surface area contributed by atoms with Crippen LogP contribution in [-0.2, 0) is 32.0 Å². The van der Waals surface area contributed by atoms with Crippen LogP contribution in [0.25, 0.3) is 43.8 Å². The van der Waals surface area contributed by atoms with E-state index in [0.717, 1.165) is 34.4 Å². The summed E-state index contributed by atoms with van der Waals surface area (Å²) in [5.41, 5.74) is 11.7. The number of rotatable bonds is 2. The van der Waals surface area contributed by atoms with Gasteiger partial charge < -0.3 is 25.1 Å². The molecule has 6 heteroatoms. The number of carboxylic acid groups (broad SMARTS) is 2. The van der Waals surface area contributed by atoms with Gasteiger partial charge in [-0.1, -0.05) is 144 Å². The molecule has 2 radical (unpaired) electrons.